The Labute approximate surface area is 136 Å². The molecule has 0 spiro atoms. The zero-order chi connectivity index (χ0) is 15.6. The van der Waals surface area contributed by atoms with Crippen molar-refractivity contribution in [1.82, 2.24) is 24.6 Å². The van der Waals surface area contributed by atoms with Crippen LogP contribution < -0.4 is 21.5 Å². The number of nitrogens with one attached hydrogen (secondary N) is 1. The van der Waals surface area contributed by atoms with Crippen LogP contribution in [0.2, 0.25) is 0 Å². The van der Waals surface area contributed by atoms with Gasteiger partial charge >= 0.3 is 0 Å². The van der Waals surface area contributed by atoms with Gasteiger partial charge in [0.05, 0.1) is 30.5 Å². The first-order valence-electron chi connectivity index (χ1n) is 8.34. The van der Waals surface area contributed by atoms with Crippen molar-refractivity contribution in [1.29, 1.82) is 0 Å². The summed E-state index contributed by atoms with van der Waals surface area (Å²) < 4.78 is 4.59. The maximum atomic E-state index is 4.73. The lowest BCUT2D eigenvalue weighted by molar-refractivity contribution is 0.145. The van der Waals surface area contributed by atoms with Gasteiger partial charge in [0.25, 0.3) is 0 Å². The van der Waals surface area contributed by atoms with Gasteiger partial charge in [0, 0.05) is 26.2 Å². The summed E-state index contributed by atoms with van der Waals surface area (Å²) in [6.07, 6.45) is 12.9. The summed E-state index contributed by atoms with van der Waals surface area (Å²) in [6.45, 7) is 7.09. The molecule has 0 aliphatic carbocycles. The lowest BCUT2D eigenvalue weighted by atomic mass is 10.3. The van der Waals surface area contributed by atoms with Crippen LogP contribution in [0.4, 0.5) is 0 Å². The fourth-order valence-corrected chi connectivity index (χ4v) is 3.33. The van der Waals surface area contributed by atoms with Crippen molar-refractivity contribution in [2.75, 3.05) is 39.9 Å². The fraction of sp³-hybridized carbons (Fsp3) is 0.471. The molecule has 23 heavy (non-hydrogen) atoms. The van der Waals surface area contributed by atoms with E-state index in [9.17, 15) is 0 Å². The molecule has 6 nitrogen and oxygen atoms in total. The number of rotatable bonds is 3. The number of hydrogen-bond donors (Lipinski definition) is 1. The van der Waals surface area contributed by atoms with Crippen LogP contribution in [0.5, 0.6) is 0 Å². The summed E-state index contributed by atoms with van der Waals surface area (Å²) in [4.78, 5) is 4.78. The minimum absolute atomic E-state index is 0.809. The Kier molecular flexibility index (Phi) is 3.93. The summed E-state index contributed by atoms with van der Waals surface area (Å²) in [6, 6.07) is 0. The number of allylic oxidation sites excluding steroid dienone is 4. The van der Waals surface area contributed by atoms with Crippen LogP contribution in [0.15, 0.2) is 29.4 Å². The highest BCUT2D eigenvalue weighted by molar-refractivity contribution is 5.40. The van der Waals surface area contributed by atoms with Gasteiger partial charge in [-0.25, -0.2) is 0 Å². The van der Waals surface area contributed by atoms with Gasteiger partial charge in [-0.1, -0.05) is 24.3 Å². The molecule has 0 radical (unpaired) electrons. The van der Waals surface area contributed by atoms with Crippen molar-refractivity contribution in [3.63, 3.8) is 0 Å². The van der Waals surface area contributed by atoms with Crippen LogP contribution in [0.3, 0.4) is 0 Å². The van der Waals surface area contributed by atoms with Crippen LogP contribution in [0, 0.1) is 0 Å². The van der Waals surface area contributed by atoms with Crippen LogP contribution >= 0.6 is 0 Å². The summed E-state index contributed by atoms with van der Waals surface area (Å²) in [5.74, 6) is 0. The molecule has 1 aromatic rings. The average molecular weight is 312 g/mol. The molecule has 1 N–H and O–H groups in total. The number of aromatic nitrogens is 2. The van der Waals surface area contributed by atoms with Crippen molar-refractivity contribution >= 4 is 12.2 Å². The Bertz CT molecular complexity index is 762. The molecule has 3 aliphatic rings. The number of hydrogen-bond acceptors (Lipinski definition) is 4. The summed E-state index contributed by atoms with van der Waals surface area (Å²) in [5.41, 5.74) is 3.29. The number of likely N-dealkylation sites (N-methyl/N-ethyl adjacent to an activating group) is 1. The second kappa shape index (κ2) is 6.22. The average Bonchev–Trinajstić information content (AvgIpc) is 2.91. The minimum atomic E-state index is 0.809. The third-order valence-electron chi connectivity index (χ3n) is 4.75. The zero-order valence-corrected chi connectivity index (χ0v) is 13.6. The predicted octanol–water partition coefficient (Wildman–Crippen LogP) is -1.40. The predicted molar refractivity (Wildman–Crippen MR) is 91.5 cm³/mol. The van der Waals surface area contributed by atoms with Crippen LogP contribution in [-0.4, -0.2) is 59.1 Å². The van der Waals surface area contributed by atoms with Gasteiger partial charge in [0.15, 0.2) is 0 Å². The Morgan fingerprint density at radius 1 is 0.957 bits per heavy atom. The van der Waals surface area contributed by atoms with E-state index in [1.165, 1.54) is 10.7 Å². The lowest BCUT2D eigenvalue weighted by Crippen LogP contribution is -2.48. The van der Waals surface area contributed by atoms with E-state index in [0.29, 0.717) is 0 Å². The molecular formula is C17H24N6. The van der Waals surface area contributed by atoms with E-state index in [0.717, 1.165) is 51.3 Å². The van der Waals surface area contributed by atoms with Crippen molar-refractivity contribution in [2.45, 2.75) is 13.1 Å². The van der Waals surface area contributed by atoms with E-state index >= 15 is 0 Å². The topological polar surface area (TPSA) is 40.7 Å². The Hall–Kier alpha value is -2.05. The molecule has 1 saturated heterocycles. The van der Waals surface area contributed by atoms with E-state index in [1.54, 1.807) is 0 Å². The summed E-state index contributed by atoms with van der Waals surface area (Å²) in [7, 11) is 2.18. The number of fused-ring (bicyclic) bond motifs is 3. The molecule has 6 heteroatoms. The normalized spacial score (nSPS) is 20.4. The largest absolute Gasteiger partial charge is 0.304 e. The lowest BCUT2D eigenvalue weighted by Gasteiger charge is -2.31. The van der Waals surface area contributed by atoms with Crippen LogP contribution in [0.25, 0.3) is 12.2 Å². The number of nitrogens with zero attached hydrogens (tertiary/aromatic N) is 5. The molecule has 122 valence electrons. The second-order valence-electron chi connectivity index (χ2n) is 6.32. The van der Waals surface area contributed by atoms with Crippen LogP contribution in [-0.2, 0) is 13.1 Å². The molecule has 4 rings (SSSR count). The molecular weight excluding hydrogens is 288 g/mol. The SMILES string of the molecule is CN1CCN(CNN=c2c3n(n4c2=CC=CC4)CC=CC=3)CC1. The third-order valence-corrected chi connectivity index (χ3v) is 4.75. The van der Waals surface area contributed by atoms with E-state index < -0.39 is 0 Å². The Morgan fingerprint density at radius 3 is 2.17 bits per heavy atom. The van der Waals surface area contributed by atoms with Crippen molar-refractivity contribution in [2.24, 2.45) is 5.10 Å². The molecule has 1 fully saturated rings. The smallest absolute Gasteiger partial charge is 0.133 e. The minimum Gasteiger partial charge on any atom is -0.304 e. The van der Waals surface area contributed by atoms with Gasteiger partial charge in [0.1, 0.15) is 5.36 Å². The molecule has 0 bridgehead atoms. The molecule has 3 aliphatic heterocycles. The number of piperazine rings is 1. The summed E-state index contributed by atoms with van der Waals surface area (Å²) in [5, 5.41) is 8.15. The van der Waals surface area contributed by atoms with Gasteiger partial charge in [-0.05, 0) is 19.2 Å². The maximum absolute atomic E-state index is 4.73. The highest BCUT2D eigenvalue weighted by Crippen LogP contribution is 1.96. The van der Waals surface area contributed by atoms with Crippen LogP contribution in [0.1, 0.15) is 0 Å². The van der Waals surface area contributed by atoms with Gasteiger partial charge < -0.3 is 4.90 Å². The van der Waals surface area contributed by atoms with E-state index in [2.05, 4.69) is 68.1 Å². The van der Waals surface area contributed by atoms with E-state index in [4.69, 9.17) is 5.10 Å². The standard InChI is InChI=1S/C17H24N6/c1-20-10-12-21(13-11-20)14-18-19-17-15-6-2-4-8-22(15)23-9-5-3-7-16(17)23/h2-7,18H,8-14H2,1H3. The van der Waals surface area contributed by atoms with Crippen molar-refractivity contribution in [3.05, 3.63) is 40.4 Å². The molecule has 0 saturated carbocycles. The first kappa shape index (κ1) is 14.5. The fourth-order valence-electron chi connectivity index (χ4n) is 3.33. The first-order valence-corrected chi connectivity index (χ1v) is 8.34. The molecule has 0 aromatic carbocycles. The Morgan fingerprint density at radius 2 is 1.57 bits per heavy atom. The maximum Gasteiger partial charge on any atom is 0.133 e. The summed E-state index contributed by atoms with van der Waals surface area (Å²) >= 11 is 0. The van der Waals surface area contributed by atoms with Crippen molar-refractivity contribution < 1.29 is 0 Å². The molecule has 0 amide bonds. The molecule has 1 aromatic heterocycles. The molecule has 0 unspecified atom stereocenters. The monoisotopic (exact) mass is 312 g/mol. The van der Waals surface area contributed by atoms with Gasteiger partial charge in [-0.3, -0.25) is 19.7 Å². The highest BCUT2D eigenvalue weighted by atomic mass is 15.4. The molecule has 0 atom stereocenters. The zero-order valence-electron chi connectivity index (χ0n) is 13.6. The highest BCUT2D eigenvalue weighted by Gasteiger charge is 2.13. The first-order chi connectivity index (χ1) is 11.3. The second-order valence-corrected chi connectivity index (χ2v) is 6.32. The third kappa shape index (κ3) is 2.80. The Balaban J connectivity index is 1.61. The van der Waals surface area contributed by atoms with E-state index in [1.807, 2.05) is 0 Å². The van der Waals surface area contributed by atoms with Gasteiger partial charge in [0.2, 0.25) is 0 Å². The van der Waals surface area contributed by atoms with Crippen molar-refractivity contribution in [3.8, 4) is 0 Å². The van der Waals surface area contributed by atoms with Gasteiger partial charge in [-0.15, -0.1) is 0 Å². The van der Waals surface area contributed by atoms with E-state index in [-0.39, 0.29) is 0 Å². The molecule has 4 heterocycles. The quantitative estimate of drug-likeness (QED) is 0.698. The van der Waals surface area contributed by atoms with Gasteiger partial charge in [-0.2, -0.15) is 5.10 Å².